The maximum Gasteiger partial charge on any atom is 0.573 e. The van der Waals surface area contributed by atoms with E-state index in [1.807, 2.05) is 0 Å². The number of H-pyrrole nitrogens is 1. The summed E-state index contributed by atoms with van der Waals surface area (Å²) >= 11 is 0. The van der Waals surface area contributed by atoms with Crippen LogP contribution < -0.4 is 10.3 Å². The number of pyridine rings is 1. The molecule has 0 saturated heterocycles. The van der Waals surface area contributed by atoms with Crippen LogP contribution in [0.3, 0.4) is 0 Å². The van der Waals surface area contributed by atoms with Crippen molar-refractivity contribution in [3.8, 4) is 5.75 Å². The van der Waals surface area contributed by atoms with E-state index in [4.69, 9.17) is 0 Å². The van der Waals surface area contributed by atoms with Crippen molar-refractivity contribution in [2.24, 2.45) is 0 Å². The van der Waals surface area contributed by atoms with E-state index in [0.29, 0.717) is 0 Å². The zero-order chi connectivity index (χ0) is 10.1. The van der Waals surface area contributed by atoms with Crippen molar-refractivity contribution in [2.45, 2.75) is 13.3 Å². The fourth-order valence-electron chi connectivity index (χ4n) is 0.773. The first-order chi connectivity index (χ1) is 5.90. The molecule has 0 unspecified atom stereocenters. The third-order valence-electron chi connectivity index (χ3n) is 1.39. The van der Waals surface area contributed by atoms with Crippen molar-refractivity contribution < 1.29 is 17.9 Å². The smallest absolute Gasteiger partial charge is 0.405 e. The van der Waals surface area contributed by atoms with Gasteiger partial charge in [-0.2, -0.15) is 0 Å². The van der Waals surface area contributed by atoms with Gasteiger partial charge in [0.1, 0.15) is 5.75 Å². The Morgan fingerprint density at radius 2 is 2.08 bits per heavy atom. The van der Waals surface area contributed by atoms with Crippen LogP contribution in [-0.4, -0.2) is 11.3 Å². The predicted octanol–water partition coefficient (Wildman–Crippen LogP) is 1.58. The molecule has 1 heterocycles. The molecule has 0 fully saturated rings. The summed E-state index contributed by atoms with van der Waals surface area (Å²) < 4.78 is 38.7. The van der Waals surface area contributed by atoms with E-state index in [9.17, 15) is 18.0 Å². The van der Waals surface area contributed by atoms with Crippen molar-refractivity contribution in [3.05, 3.63) is 28.2 Å². The molecule has 1 aromatic rings. The number of nitrogens with one attached hydrogen (secondary N) is 1. The van der Waals surface area contributed by atoms with Gasteiger partial charge in [-0.05, 0) is 13.0 Å². The largest absolute Gasteiger partial charge is 0.573 e. The molecule has 6 heteroatoms. The predicted molar refractivity (Wildman–Crippen MR) is 38.5 cm³/mol. The van der Waals surface area contributed by atoms with Gasteiger partial charge in [0.15, 0.2) is 0 Å². The molecular formula is C7H6F3NO2. The first-order valence-electron chi connectivity index (χ1n) is 3.34. The zero-order valence-electron chi connectivity index (χ0n) is 6.61. The van der Waals surface area contributed by atoms with Crippen LogP contribution in [0.25, 0.3) is 0 Å². The fourth-order valence-corrected chi connectivity index (χ4v) is 0.773. The molecular weight excluding hydrogens is 187 g/mol. The lowest BCUT2D eigenvalue weighted by Crippen LogP contribution is -2.20. The number of rotatable bonds is 1. The molecule has 0 aliphatic rings. The van der Waals surface area contributed by atoms with Crippen molar-refractivity contribution in [1.29, 1.82) is 0 Å². The molecule has 72 valence electrons. The minimum atomic E-state index is -4.77. The number of ether oxygens (including phenoxy) is 1. The minimum absolute atomic E-state index is 0.0974. The molecule has 0 radical (unpaired) electrons. The zero-order valence-corrected chi connectivity index (χ0v) is 6.61. The Labute approximate surface area is 71.2 Å². The number of hydrogen-bond donors (Lipinski definition) is 1. The first-order valence-corrected chi connectivity index (χ1v) is 3.34. The van der Waals surface area contributed by atoms with Gasteiger partial charge in [-0.3, -0.25) is 4.79 Å². The average Bonchev–Trinajstić information content (AvgIpc) is 1.96. The second kappa shape index (κ2) is 3.12. The van der Waals surface area contributed by atoms with E-state index in [2.05, 4.69) is 9.72 Å². The lowest BCUT2D eigenvalue weighted by atomic mass is 10.3. The quantitative estimate of drug-likeness (QED) is 0.735. The van der Waals surface area contributed by atoms with Gasteiger partial charge in [0.25, 0.3) is 5.56 Å². The highest BCUT2D eigenvalue weighted by atomic mass is 19.4. The summed E-state index contributed by atoms with van der Waals surface area (Å²) in [5.41, 5.74) is -0.693. The number of halogens is 3. The van der Waals surface area contributed by atoms with Crippen LogP contribution in [-0.2, 0) is 0 Å². The van der Waals surface area contributed by atoms with E-state index in [-0.39, 0.29) is 5.56 Å². The fraction of sp³-hybridized carbons (Fsp3) is 0.286. The maximum atomic E-state index is 11.7. The molecule has 1 N–H and O–H groups in total. The SMILES string of the molecule is Cc1c(OC(F)(F)F)cc[nH]c1=O. The summed E-state index contributed by atoms with van der Waals surface area (Å²) in [5.74, 6) is -0.476. The summed E-state index contributed by atoms with van der Waals surface area (Å²) in [4.78, 5) is 13.0. The second-order valence-corrected chi connectivity index (χ2v) is 2.34. The molecule has 0 aliphatic carbocycles. The van der Waals surface area contributed by atoms with Crippen LogP contribution in [0.5, 0.6) is 5.75 Å². The van der Waals surface area contributed by atoms with Crippen LogP contribution >= 0.6 is 0 Å². The molecule has 0 aromatic carbocycles. The Hall–Kier alpha value is -1.46. The van der Waals surface area contributed by atoms with Gasteiger partial charge in [0.05, 0.1) is 5.56 Å². The third-order valence-corrected chi connectivity index (χ3v) is 1.39. The normalized spacial score (nSPS) is 11.4. The van der Waals surface area contributed by atoms with Crippen LogP contribution in [0.4, 0.5) is 13.2 Å². The highest BCUT2D eigenvalue weighted by molar-refractivity contribution is 5.28. The van der Waals surface area contributed by atoms with Crippen molar-refractivity contribution in [1.82, 2.24) is 4.98 Å². The molecule has 0 atom stereocenters. The second-order valence-electron chi connectivity index (χ2n) is 2.34. The van der Waals surface area contributed by atoms with Crippen LogP contribution in [0.2, 0.25) is 0 Å². The van der Waals surface area contributed by atoms with Gasteiger partial charge in [-0.25, -0.2) is 0 Å². The van der Waals surface area contributed by atoms with Gasteiger partial charge < -0.3 is 9.72 Å². The van der Waals surface area contributed by atoms with Crippen LogP contribution in [0, 0.1) is 6.92 Å². The van der Waals surface area contributed by atoms with Gasteiger partial charge in [-0.1, -0.05) is 0 Å². The van der Waals surface area contributed by atoms with Crippen LogP contribution in [0.15, 0.2) is 17.1 Å². The molecule has 1 aromatic heterocycles. The molecule has 13 heavy (non-hydrogen) atoms. The number of hydrogen-bond acceptors (Lipinski definition) is 2. The average molecular weight is 193 g/mol. The molecule has 0 bridgehead atoms. The molecule has 0 saturated carbocycles. The Morgan fingerprint density at radius 3 is 2.62 bits per heavy atom. The lowest BCUT2D eigenvalue weighted by Gasteiger charge is -2.09. The van der Waals surface area contributed by atoms with Gasteiger partial charge in [-0.15, -0.1) is 13.2 Å². The molecule has 0 aliphatic heterocycles. The summed E-state index contributed by atoms with van der Waals surface area (Å²) in [7, 11) is 0. The summed E-state index contributed by atoms with van der Waals surface area (Å²) in [6.07, 6.45) is -3.67. The Kier molecular flexibility index (Phi) is 2.31. The van der Waals surface area contributed by atoms with E-state index in [1.54, 1.807) is 0 Å². The molecule has 0 amide bonds. The summed E-state index contributed by atoms with van der Waals surface area (Å²) in [5, 5.41) is 0. The Morgan fingerprint density at radius 1 is 1.46 bits per heavy atom. The molecule has 1 rings (SSSR count). The van der Waals surface area contributed by atoms with Gasteiger partial charge >= 0.3 is 6.36 Å². The Bertz CT molecular complexity index is 355. The van der Waals surface area contributed by atoms with E-state index >= 15 is 0 Å². The van der Waals surface area contributed by atoms with E-state index in [0.717, 1.165) is 12.3 Å². The third kappa shape index (κ3) is 2.50. The number of alkyl halides is 3. The van der Waals surface area contributed by atoms with Gasteiger partial charge in [0.2, 0.25) is 0 Å². The van der Waals surface area contributed by atoms with E-state index in [1.165, 1.54) is 6.92 Å². The Balaban J connectivity index is 3.03. The van der Waals surface area contributed by atoms with Crippen LogP contribution in [0.1, 0.15) is 5.56 Å². The molecule has 0 spiro atoms. The van der Waals surface area contributed by atoms with Crippen molar-refractivity contribution in [3.63, 3.8) is 0 Å². The van der Waals surface area contributed by atoms with Crippen molar-refractivity contribution in [2.75, 3.05) is 0 Å². The number of aromatic nitrogens is 1. The highest BCUT2D eigenvalue weighted by Gasteiger charge is 2.31. The summed E-state index contributed by atoms with van der Waals surface area (Å²) in [6, 6.07) is 1.05. The summed E-state index contributed by atoms with van der Waals surface area (Å²) in [6.45, 7) is 1.25. The topological polar surface area (TPSA) is 42.1 Å². The minimum Gasteiger partial charge on any atom is -0.405 e. The lowest BCUT2D eigenvalue weighted by molar-refractivity contribution is -0.274. The number of aromatic amines is 1. The van der Waals surface area contributed by atoms with E-state index < -0.39 is 17.7 Å². The molecule has 3 nitrogen and oxygen atoms in total. The van der Waals surface area contributed by atoms with Crippen molar-refractivity contribution >= 4 is 0 Å². The maximum absolute atomic E-state index is 11.7. The highest BCUT2D eigenvalue weighted by Crippen LogP contribution is 2.23. The monoisotopic (exact) mass is 193 g/mol. The standard InChI is InChI=1S/C7H6F3NO2/c1-4-5(13-7(8,9)10)2-3-11-6(4)12/h2-3H,1H3,(H,11,12). The van der Waals surface area contributed by atoms with Gasteiger partial charge in [0, 0.05) is 6.20 Å². The first kappa shape index (κ1) is 9.63.